The lowest BCUT2D eigenvalue weighted by Gasteiger charge is -2.15. The van der Waals surface area contributed by atoms with E-state index < -0.39 is 10.0 Å². The Bertz CT molecular complexity index is 785. The normalized spacial score (nSPS) is 11.1. The van der Waals surface area contributed by atoms with Gasteiger partial charge in [0.1, 0.15) is 16.4 Å². The summed E-state index contributed by atoms with van der Waals surface area (Å²) in [7, 11) is -0.773. The molecule has 0 saturated heterocycles. The van der Waals surface area contributed by atoms with Crippen LogP contribution >= 0.6 is 0 Å². The van der Waals surface area contributed by atoms with Crippen molar-refractivity contribution in [3.8, 4) is 11.5 Å². The van der Waals surface area contributed by atoms with Crippen LogP contribution in [0, 0.1) is 13.8 Å². The molecule has 0 aromatic heterocycles. The predicted molar refractivity (Wildman–Crippen MR) is 86.3 cm³/mol. The third-order valence-electron chi connectivity index (χ3n) is 3.20. The van der Waals surface area contributed by atoms with Gasteiger partial charge in [-0.3, -0.25) is 4.72 Å². The molecule has 22 heavy (non-hydrogen) atoms. The summed E-state index contributed by atoms with van der Waals surface area (Å²) in [6.45, 7) is 3.64. The van der Waals surface area contributed by atoms with Gasteiger partial charge in [-0.05, 0) is 43.2 Å². The van der Waals surface area contributed by atoms with Gasteiger partial charge in [0.15, 0.2) is 0 Å². The molecule has 6 heteroatoms. The molecule has 0 radical (unpaired) electrons. The van der Waals surface area contributed by atoms with Crippen LogP contribution in [0.25, 0.3) is 0 Å². The van der Waals surface area contributed by atoms with Gasteiger partial charge in [0.2, 0.25) is 0 Å². The highest BCUT2D eigenvalue weighted by Gasteiger charge is 2.22. The lowest BCUT2D eigenvalue weighted by molar-refractivity contribution is 0.402. The van der Waals surface area contributed by atoms with Crippen LogP contribution in [-0.4, -0.2) is 22.6 Å². The topological polar surface area (TPSA) is 64.6 Å². The van der Waals surface area contributed by atoms with Crippen LogP contribution < -0.4 is 14.2 Å². The maximum Gasteiger partial charge on any atom is 0.265 e. The molecule has 5 nitrogen and oxygen atoms in total. The summed E-state index contributed by atoms with van der Waals surface area (Å²) in [6, 6.07) is 10.3. The van der Waals surface area contributed by atoms with Gasteiger partial charge >= 0.3 is 0 Å². The predicted octanol–water partition coefficient (Wildman–Crippen LogP) is 3.12. The maximum atomic E-state index is 12.7. The molecule has 0 amide bonds. The quantitative estimate of drug-likeness (QED) is 0.919. The Morgan fingerprint density at radius 3 is 2.36 bits per heavy atom. The van der Waals surface area contributed by atoms with Crippen LogP contribution in [-0.2, 0) is 10.0 Å². The molecule has 2 rings (SSSR count). The second kappa shape index (κ2) is 6.27. The summed E-state index contributed by atoms with van der Waals surface area (Å²) in [4.78, 5) is 0.142. The molecule has 2 aromatic rings. The van der Waals surface area contributed by atoms with Crippen molar-refractivity contribution in [2.24, 2.45) is 0 Å². The molecule has 0 bridgehead atoms. The van der Waals surface area contributed by atoms with E-state index in [4.69, 9.17) is 9.47 Å². The average molecular weight is 321 g/mol. The molecule has 0 heterocycles. The zero-order chi connectivity index (χ0) is 16.3. The molecule has 0 unspecified atom stereocenters. The van der Waals surface area contributed by atoms with Crippen LogP contribution in [0.15, 0.2) is 41.3 Å². The number of ether oxygens (including phenoxy) is 2. The summed E-state index contributed by atoms with van der Waals surface area (Å²) in [5.74, 6) is 0.903. The van der Waals surface area contributed by atoms with E-state index in [0.29, 0.717) is 22.7 Å². The molecule has 2 aromatic carbocycles. The van der Waals surface area contributed by atoms with E-state index in [1.165, 1.54) is 14.2 Å². The van der Waals surface area contributed by atoms with Gasteiger partial charge in [-0.2, -0.15) is 0 Å². The number of nitrogens with one attached hydrogen (secondary N) is 1. The molecule has 0 aliphatic rings. The first-order valence-corrected chi connectivity index (χ1v) is 8.18. The minimum atomic E-state index is -3.76. The molecule has 0 spiro atoms. The molecule has 0 atom stereocenters. The first-order chi connectivity index (χ1) is 10.4. The van der Waals surface area contributed by atoms with Crippen molar-refractivity contribution in [1.82, 2.24) is 0 Å². The van der Waals surface area contributed by atoms with Gasteiger partial charge in [-0.25, -0.2) is 8.42 Å². The number of aryl methyl sites for hydroxylation is 2. The van der Waals surface area contributed by atoms with Gasteiger partial charge < -0.3 is 9.47 Å². The monoisotopic (exact) mass is 321 g/mol. The summed E-state index contributed by atoms with van der Waals surface area (Å²) in [5.41, 5.74) is 2.00. The average Bonchev–Trinajstić information content (AvgIpc) is 2.45. The van der Waals surface area contributed by atoms with E-state index in [9.17, 15) is 8.42 Å². The minimum absolute atomic E-state index is 0.142. The van der Waals surface area contributed by atoms with Crippen LogP contribution in [0.4, 0.5) is 5.69 Å². The fourth-order valence-corrected chi connectivity index (χ4v) is 3.73. The number of rotatable bonds is 5. The van der Waals surface area contributed by atoms with Crippen molar-refractivity contribution in [3.05, 3.63) is 47.5 Å². The van der Waals surface area contributed by atoms with Crippen molar-refractivity contribution < 1.29 is 17.9 Å². The van der Waals surface area contributed by atoms with Gasteiger partial charge in [0.05, 0.1) is 19.9 Å². The molecule has 118 valence electrons. The standard InChI is InChI=1S/C16H19NO4S/c1-11-8-12(2)16(15(9-11)21-4)22(18,19)17-13-6-5-7-14(10-13)20-3/h5-10,17H,1-4H3. The van der Waals surface area contributed by atoms with E-state index in [1.54, 1.807) is 37.3 Å². The van der Waals surface area contributed by atoms with E-state index >= 15 is 0 Å². The fourth-order valence-electron chi connectivity index (χ4n) is 2.30. The Morgan fingerprint density at radius 2 is 1.73 bits per heavy atom. The van der Waals surface area contributed by atoms with Crippen LogP contribution in [0.5, 0.6) is 11.5 Å². The Labute approximate surface area is 130 Å². The van der Waals surface area contributed by atoms with Gasteiger partial charge in [-0.15, -0.1) is 0 Å². The molecule has 0 fully saturated rings. The molecular weight excluding hydrogens is 302 g/mol. The number of benzene rings is 2. The minimum Gasteiger partial charge on any atom is -0.497 e. The SMILES string of the molecule is COc1cccc(NS(=O)(=O)c2c(C)cc(C)cc2OC)c1. The maximum absolute atomic E-state index is 12.7. The van der Waals surface area contributed by atoms with Crippen molar-refractivity contribution in [2.45, 2.75) is 18.7 Å². The van der Waals surface area contributed by atoms with Gasteiger partial charge in [0, 0.05) is 6.07 Å². The van der Waals surface area contributed by atoms with Crippen molar-refractivity contribution in [1.29, 1.82) is 0 Å². The summed E-state index contributed by atoms with van der Waals surface area (Å²) < 4.78 is 38.3. The largest absolute Gasteiger partial charge is 0.497 e. The Balaban J connectivity index is 2.47. The summed E-state index contributed by atoms with van der Waals surface area (Å²) in [5, 5.41) is 0. The highest BCUT2D eigenvalue weighted by atomic mass is 32.2. The number of methoxy groups -OCH3 is 2. The zero-order valence-electron chi connectivity index (χ0n) is 13.0. The van der Waals surface area contributed by atoms with Crippen molar-refractivity contribution >= 4 is 15.7 Å². The van der Waals surface area contributed by atoms with Crippen LogP contribution in [0.2, 0.25) is 0 Å². The Hall–Kier alpha value is -2.21. The summed E-state index contributed by atoms with van der Waals surface area (Å²) in [6.07, 6.45) is 0. The molecule has 0 saturated carbocycles. The van der Waals surface area contributed by atoms with Gasteiger partial charge in [-0.1, -0.05) is 12.1 Å². The highest BCUT2D eigenvalue weighted by Crippen LogP contribution is 2.30. The van der Waals surface area contributed by atoms with Crippen LogP contribution in [0.3, 0.4) is 0 Å². The highest BCUT2D eigenvalue weighted by molar-refractivity contribution is 7.92. The van der Waals surface area contributed by atoms with Crippen molar-refractivity contribution in [3.63, 3.8) is 0 Å². The van der Waals surface area contributed by atoms with Gasteiger partial charge in [0.25, 0.3) is 10.0 Å². The van der Waals surface area contributed by atoms with E-state index in [2.05, 4.69) is 4.72 Å². The molecule has 0 aliphatic heterocycles. The Morgan fingerprint density at radius 1 is 1.00 bits per heavy atom. The summed E-state index contributed by atoms with van der Waals surface area (Å²) >= 11 is 0. The molecular formula is C16H19NO4S. The number of sulfonamides is 1. The zero-order valence-corrected chi connectivity index (χ0v) is 13.8. The van der Waals surface area contributed by atoms with E-state index in [1.807, 2.05) is 13.0 Å². The second-order valence-electron chi connectivity index (χ2n) is 4.95. The smallest absolute Gasteiger partial charge is 0.265 e. The second-order valence-corrected chi connectivity index (χ2v) is 6.57. The Kier molecular flexibility index (Phi) is 4.61. The number of hydrogen-bond donors (Lipinski definition) is 1. The first-order valence-electron chi connectivity index (χ1n) is 6.69. The molecule has 0 aliphatic carbocycles. The lowest BCUT2D eigenvalue weighted by atomic mass is 10.1. The molecule has 1 N–H and O–H groups in total. The number of anilines is 1. The number of hydrogen-bond acceptors (Lipinski definition) is 4. The van der Waals surface area contributed by atoms with E-state index in [0.717, 1.165) is 5.56 Å². The third kappa shape index (κ3) is 3.33. The lowest BCUT2D eigenvalue weighted by Crippen LogP contribution is -2.15. The van der Waals surface area contributed by atoms with Crippen molar-refractivity contribution in [2.75, 3.05) is 18.9 Å². The third-order valence-corrected chi connectivity index (χ3v) is 4.76. The van der Waals surface area contributed by atoms with E-state index in [-0.39, 0.29) is 4.90 Å². The van der Waals surface area contributed by atoms with Crippen LogP contribution in [0.1, 0.15) is 11.1 Å². The first kappa shape index (κ1) is 16.2. The fraction of sp³-hybridized carbons (Fsp3) is 0.250.